The Labute approximate surface area is 178 Å². The van der Waals surface area contributed by atoms with Crippen LogP contribution < -0.4 is 5.32 Å². The van der Waals surface area contributed by atoms with Gasteiger partial charge in [-0.15, -0.1) is 0 Å². The third-order valence-corrected chi connectivity index (χ3v) is 5.75. The summed E-state index contributed by atoms with van der Waals surface area (Å²) in [4.78, 5) is 6.79. The molecule has 5 nitrogen and oxygen atoms in total. The van der Waals surface area contributed by atoms with E-state index in [0.717, 1.165) is 26.7 Å². The molecular formula is C21H21BrN4OS. The SMILES string of the molecule is COCCN1C(=S)N[C@@H](c2ccccn2)[C@H]1c1cccn1-c1cccc(Br)c1. The standard InChI is InChI=1S/C21H21BrN4OS/c1-27-13-12-26-20(19(24-21(26)28)17-8-2-3-10-23-17)18-9-5-11-25(18)16-7-4-6-15(22)14-16/h2-11,14,19-20H,12-13H2,1H3,(H,24,28)/t19-,20+/m0/s1. The second-order valence-corrected chi connectivity index (χ2v) is 7.90. The number of thiocarbonyl (C=S) groups is 1. The minimum Gasteiger partial charge on any atom is -0.383 e. The zero-order valence-corrected chi connectivity index (χ0v) is 17.9. The van der Waals surface area contributed by atoms with E-state index in [-0.39, 0.29) is 12.1 Å². The van der Waals surface area contributed by atoms with Gasteiger partial charge in [0.25, 0.3) is 0 Å². The molecule has 0 unspecified atom stereocenters. The fraction of sp³-hybridized carbons (Fsp3) is 0.238. The fourth-order valence-electron chi connectivity index (χ4n) is 3.65. The van der Waals surface area contributed by atoms with Gasteiger partial charge >= 0.3 is 0 Å². The minimum absolute atomic E-state index is 0.00605. The Morgan fingerprint density at radius 3 is 2.82 bits per heavy atom. The maximum Gasteiger partial charge on any atom is 0.170 e. The molecule has 1 aromatic carbocycles. The average Bonchev–Trinajstić information content (AvgIpc) is 3.31. The fourth-order valence-corrected chi connectivity index (χ4v) is 4.37. The van der Waals surface area contributed by atoms with E-state index in [2.05, 4.69) is 66.2 Å². The second kappa shape index (κ2) is 8.43. The van der Waals surface area contributed by atoms with Gasteiger partial charge in [-0.1, -0.05) is 28.1 Å². The molecule has 0 amide bonds. The van der Waals surface area contributed by atoms with Crippen LogP contribution in [0.5, 0.6) is 0 Å². The first-order valence-corrected chi connectivity index (χ1v) is 10.3. The van der Waals surface area contributed by atoms with Gasteiger partial charge in [0.05, 0.1) is 24.4 Å². The van der Waals surface area contributed by atoms with Crippen molar-refractivity contribution in [3.05, 3.63) is 82.9 Å². The Kier molecular flexibility index (Phi) is 5.75. The lowest BCUT2D eigenvalue weighted by Crippen LogP contribution is -2.33. The number of ether oxygens (including phenoxy) is 1. The summed E-state index contributed by atoms with van der Waals surface area (Å²) in [7, 11) is 1.71. The van der Waals surface area contributed by atoms with Crippen molar-refractivity contribution in [2.24, 2.45) is 0 Å². The number of rotatable bonds is 6. The van der Waals surface area contributed by atoms with E-state index in [4.69, 9.17) is 17.0 Å². The van der Waals surface area contributed by atoms with Crippen molar-refractivity contribution in [2.45, 2.75) is 12.1 Å². The smallest absolute Gasteiger partial charge is 0.170 e. The van der Waals surface area contributed by atoms with E-state index < -0.39 is 0 Å². The summed E-state index contributed by atoms with van der Waals surface area (Å²) in [5.74, 6) is 0. The Hall–Kier alpha value is -2.22. The van der Waals surface area contributed by atoms with Gasteiger partial charge in [0, 0.05) is 41.9 Å². The number of nitrogens with zero attached hydrogens (tertiary/aromatic N) is 3. The topological polar surface area (TPSA) is 42.3 Å². The molecule has 2 atom stereocenters. The van der Waals surface area contributed by atoms with Crippen LogP contribution in [0.3, 0.4) is 0 Å². The lowest BCUT2D eigenvalue weighted by molar-refractivity contribution is 0.163. The summed E-state index contributed by atoms with van der Waals surface area (Å²) >= 11 is 9.25. The summed E-state index contributed by atoms with van der Waals surface area (Å²) in [5, 5.41) is 4.20. The Morgan fingerprint density at radius 2 is 2.07 bits per heavy atom. The molecule has 1 saturated heterocycles. The molecule has 28 heavy (non-hydrogen) atoms. The number of hydrogen-bond donors (Lipinski definition) is 1. The Bertz CT molecular complexity index is 962. The van der Waals surface area contributed by atoms with Gasteiger partial charge in [-0.25, -0.2) is 0 Å². The number of benzene rings is 1. The molecular weight excluding hydrogens is 436 g/mol. The van der Waals surface area contributed by atoms with Crippen LogP contribution >= 0.6 is 28.1 Å². The molecule has 3 aromatic rings. The van der Waals surface area contributed by atoms with E-state index in [1.54, 1.807) is 7.11 Å². The predicted octanol–water partition coefficient (Wildman–Crippen LogP) is 4.25. The third-order valence-electron chi connectivity index (χ3n) is 4.90. The molecule has 144 valence electrons. The number of hydrogen-bond acceptors (Lipinski definition) is 3. The molecule has 0 radical (unpaired) electrons. The van der Waals surface area contributed by atoms with Crippen molar-refractivity contribution in [1.29, 1.82) is 0 Å². The van der Waals surface area contributed by atoms with Gasteiger partial charge in [-0.2, -0.15) is 0 Å². The first-order chi connectivity index (χ1) is 13.7. The largest absolute Gasteiger partial charge is 0.383 e. The zero-order valence-electron chi connectivity index (χ0n) is 15.5. The van der Waals surface area contributed by atoms with Crippen LogP contribution in [0.2, 0.25) is 0 Å². The Balaban J connectivity index is 1.79. The van der Waals surface area contributed by atoms with E-state index in [0.29, 0.717) is 13.2 Å². The molecule has 1 aliphatic rings. The van der Waals surface area contributed by atoms with Crippen LogP contribution in [0, 0.1) is 0 Å². The monoisotopic (exact) mass is 456 g/mol. The predicted molar refractivity (Wildman–Crippen MR) is 118 cm³/mol. The summed E-state index contributed by atoms with van der Waals surface area (Å²) in [6, 6.07) is 18.5. The van der Waals surface area contributed by atoms with E-state index in [1.165, 1.54) is 0 Å². The number of nitrogens with one attached hydrogen (secondary N) is 1. The summed E-state index contributed by atoms with van der Waals surface area (Å²) in [6.45, 7) is 1.31. The van der Waals surface area contributed by atoms with Crippen molar-refractivity contribution in [3.8, 4) is 5.69 Å². The van der Waals surface area contributed by atoms with Gasteiger partial charge in [-0.05, 0) is 54.7 Å². The molecule has 0 aliphatic carbocycles. The number of aromatic nitrogens is 2. The van der Waals surface area contributed by atoms with Crippen molar-refractivity contribution in [1.82, 2.24) is 19.8 Å². The van der Waals surface area contributed by atoms with Gasteiger partial charge in [0.2, 0.25) is 0 Å². The molecule has 3 heterocycles. The molecule has 2 aromatic heterocycles. The highest BCUT2D eigenvalue weighted by Crippen LogP contribution is 2.39. The minimum atomic E-state index is -0.0358. The van der Waals surface area contributed by atoms with Gasteiger partial charge in [0.15, 0.2) is 5.11 Å². The van der Waals surface area contributed by atoms with E-state index in [9.17, 15) is 0 Å². The van der Waals surface area contributed by atoms with Crippen LogP contribution in [-0.4, -0.2) is 39.8 Å². The lowest BCUT2D eigenvalue weighted by Gasteiger charge is -2.28. The molecule has 7 heteroatoms. The first-order valence-electron chi connectivity index (χ1n) is 9.09. The normalized spacial score (nSPS) is 19.1. The van der Waals surface area contributed by atoms with Gasteiger partial charge < -0.3 is 19.5 Å². The second-order valence-electron chi connectivity index (χ2n) is 6.60. The number of halogens is 1. The Morgan fingerprint density at radius 1 is 1.18 bits per heavy atom. The highest BCUT2D eigenvalue weighted by Gasteiger charge is 2.40. The summed E-state index contributed by atoms with van der Waals surface area (Å²) in [5.41, 5.74) is 3.22. The summed E-state index contributed by atoms with van der Waals surface area (Å²) in [6.07, 6.45) is 3.91. The van der Waals surface area contributed by atoms with Crippen molar-refractivity contribution in [3.63, 3.8) is 0 Å². The quantitative estimate of drug-likeness (QED) is 0.561. The van der Waals surface area contributed by atoms with Crippen molar-refractivity contribution >= 4 is 33.3 Å². The molecule has 1 fully saturated rings. The van der Waals surface area contributed by atoms with Gasteiger partial charge in [-0.3, -0.25) is 4.98 Å². The van der Waals surface area contributed by atoms with E-state index >= 15 is 0 Å². The highest BCUT2D eigenvalue weighted by atomic mass is 79.9. The average molecular weight is 457 g/mol. The third kappa shape index (κ3) is 3.70. The maximum absolute atomic E-state index is 5.68. The number of pyridine rings is 1. The molecule has 0 bridgehead atoms. The van der Waals surface area contributed by atoms with Crippen LogP contribution in [0.4, 0.5) is 0 Å². The van der Waals surface area contributed by atoms with Gasteiger partial charge in [0.1, 0.15) is 0 Å². The number of methoxy groups -OCH3 is 1. The molecule has 1 N–H and O–H groups in total. The molecule has 1 aliphatic heterocycles. The van der Waals surface area contributed by atoms with Crippen LogP contribution in [0.25, 0.3) is 5.69 Å². The molecule has 4 rings (SSSR count). The van der Waals surface area contributed by atoms with Crippen LogP contribution in [0.15, 0.2) is 71.5 Å². The maximum atomic E-state index is 5.68. The van der Waals surface area contributed by atoms with Crippen molar-refractivity contribution < 1.29 is 4.74 Å². The van der Waals surface area contributed by atoms with Crippen molar-refractivity contribution in [2.75, 3.05) is 20.3 Å². The van der Waals surface area contributed by atoms with E-state index in [1.807, 2.05) is 36.5 Å². The van der Waals surface area contributed by atoms with Crippen LogP contribution in [-0.2, 0) is 4.74 Å². The molecule has 0 spiro atoms. The summed E-state index contributed by atoms with van der Waals surface area (Å²) < 4.78 is 8.58. The highest BCUT2D eigenvalue weighted by molar-refractivity contribution is 9.10. The van der Waals surface area contributed by atoms with Crippen LogP contribution in [0.1, 0.15) is 23.5 Å². The first kappa shape index (κ1) is 19.1. The molecule has 0 saturated carbocycles. The zero-order chi connectivity index (χ0) is 19.5. The lowest BCUT2D eigenvalue weighted by atomic mass is 10.0.